The van der Waals surface area contributed by atoms with Crippen molar-refractivity contribution in [1.29, 1.82) is 0 Å². The number of benzene rings is 2. The van der Waals surface area contributed by atoms with E-state index in [1.807, 2.05) is 6.07 Å². The SMILES string of the molecule is Cc1ccccc1[C@H](CC(=O)N1CCCN(C)CC1)c1ccccc1. The molecule has 1 aliphatic heterocycles. The van der Waals surface area contributed by atoms with Crippen molar-refractivity contribution in [3.8, 4) is 0 Å². The fraction of sp³-hybridized carbons (Fsp3) is 0.409. The maximum Gasteiger partial charge on any atom is 0.223 e. The van der Waals surface area contributed by atoms with Crippen molar-refractivity contribution in [2.75, 3.05) is 33.2 Å². The van der Waals surface area contributed by atoms with Gasteiger partial charge in [0.2, 0.25) is 5.91 Å². The first-order chi connectivity index (χ1) is 12.1. The molecule has 0 saturated carbocycles. The summed E-state index contributed by atoms with van der Waals surface area (Å²) in [4.78, 5) is 17.4. The summed E-state index contributed by atoms with van der Waals surface area (Å²) in [7, 11) is 2.13. The molecule has 3 nitrogen and oxygen atoms in total. The lowest BCUT2D eigenvalue weighted by Crippen LogP contribution is -2.35. The van der Waals surface area contributed by atoms with Gasteiger partial charge in [0.15, 0.2) is 0 Å². The summed E-state index contributed by atoms with van der Waals surface area (Å²) in [5.74, 6) is 0.392. The minimum Gasteiger partial charge on any atom is -0.341 e. The van der Waals surface area contributed by atoms with E-state index in [1.165, 1.54) is 16.7 Å². The van der Waals surface area contributed by atoms with E-state index >= 15 is 0 Å². The van der Waals surface area contributed by atoms with Gasteiger partial charge in [0.25, 0.3) is 0 Å². The van der Waals surface area contributed by atoms with E-state index in [1.54, 1.807) is 0 Å². The summed E-state index contributed by atoms with van der Waals surface area (Å²) in [5, 5.41) is 0. The highest BCUT2D eigenvalue weighted by Gasteiger charge is 2.24. The molecule has 0 N–H and O–H groups in total. The van der Waals surface area contributed by atoms with Crippen molar-refractivity contribution in [3.63, 3.8) is 0 Å². The van der Waals surface area contributed by atoms with E-state index in [9.17, 15) is 4.79 Å². The van der Waals surface area contributed by atoms with Crippen LogP contribution >= 0.6 is 0 Å². The third-order valence-electron chi connectivity index (χ3n) is 5.22. The monoisotopic (exact) mass is 336 g/mol. The van der Waals surface area contributed by atoms with Crippen LogP contribution in [0, 0.1) is 6.92 Å². The van der Waals surface area contributed by atoms with Crippen LogP contribution in [0.15, 0.2) is 54.6 Å². The smallest absolute Gasteiger partial charge is 0.223 e. The number of aryl methyl sites for hydroxylation is 1. The molecule has 1 heterocycles. The zero-order valence-corrected chi connectivity index (χ0v) is 15.3. The molecular formula is C22H28N2O. The van der Waals surface area contributed by atoms with E-state index in [-0.39, 0.29) is 11.8 Å². The van der Waals surface area contributed by atoms with E-state index in [0.29, 0.717) is 6.42 Å². The van der Waals surface area contributed by atoms with E-state index in [0.717, 1.165) is 32.6 Å². The Labute approximate surface area is 151 Å². The first-order valence-electron chi connectivity index (χ1n) is 9.22. The molecule has 0 bridgehead atoms. The number of rotatable bonds is 4. The van der Waals surface area contributed by atoms with Crippen molar-refractivity contribution in [1.82, 2.24) is 9.80 Å². The fourth-order valence-electron chi connectivity index (χ4n) is 3.67. The van der Waals surface area contributed by atoms with E-state index < -0.39 is 0 Å². The average molecular weight is 336 g/mol. The van der Waals surface area contributed by atoms with Crippen molar-refractivity contribution >= 4 is 5.91 Å². The zero-order valence-electron chi connectivity index (χ0n) is 15.3. The molecule has 2 aromatic rings. The van der Waals surface area contributed by atoms with Gasteiger partial charge >= 0.3 is 0 Å². The first kappa shape index (κ1) is 17.7. The van der Waals surface area contributed by atoms with Gasteiger partial charge in [0.05, 0.1) is 0 Å². The van der Waals surface area contributed by atoms with Crippen molar-refractivity contribution in [3.05, 3.63) is 71.3 Å². The van der Waals surface area contributed by atoms with Gasteiger partial charge < -0.3 is 9.80 Å². The quantitative estimate of drug-likeness (QED) is 0.850. The molecule has 0 aliphatic carbocycles. The predicted molar refractivity (Wildman–Crippen MR) is 103 cm³/mol. The lowest BCUT2D eigenvalue weighted by atomic mass is 9.85. The lowest BCUT2D eigenvalue weighted by Gasteiger charge is -2.25. The van der Waals surface area contributed by atoms with Gasteiger partial charge in [-0.3, -0.25) is 4.79 Å². The van der Waals surface area contributed by atoms with Gasteiger partial charge in [-0.25, -0.2) is 0 Å². The number of nitrogens with zero attached hydrogens (tertiary/aromatic N) is 2. The van der Waals surface area contributed by atoms with Crippen LogP contribution in [0.25, 0.3) is 0 Å². The van der Waals surface area contributed by atoms with Gasteiger partial charge in [-0.15, -0.1) is 0 Å². The highest BCUT2D eigenvalue weighted by molar-refractivity contribution is 5.78. The van der Waals surface area contributed by atoms with Crippen molar-refractivity contribution < 1.29 is 4.79 Å². The Morgan fingerprint density at radius 3 is 2.44 bits per heavy atom. The summed E-state index contributed by atoms with van der Waals surface area (Å²) in [5.41, 5.74) is 3.73. The second-order valence-electron chi connectivity index (χ2n) is 7.06. The maximum atomic E-state index is 13.0. The van der Waals surface area contributed by atoms with Crippen LogP contribution in [0.1, 0.15) is 35.4 Å². The molecule has 1 aliphatic rings. The molecular weight excluding hydrogens is 308 g/mol. The maximum absolute atomic E-state index is 13.0. The normalized spacial score (nSPS) is 17.1. The minimum atomic E-state index is 0.121. The first-order valence-corrected chi connectivity index (χ1v) is 9.22. The number of hydrogen-bond acceptors (Lipinski definition) is 2. The number of carbonyl (C=O) groups is 1. The summed E-state index contributed by atoms with van der Waals surface area (Å²) in [6, 6.07) is 18.9. The second kappa shape index (κ2) is 8.30. The largest absolute Gasteiger partial charge is 0.341 e. The third-order valence-corrected chi connectivity index (χ3v) is 5.22. The molecule has 132 valence electrons. The summed E-state index contributed by atoms with van der Waals surface area (Å²) in [6.45, 7) is 5.88. The average Bonchev–Trinajstić information content (AvgIpc) is 2.86. The van der Waals surface area contributed by atoms with Gasteiger partial charge in [-0.2, -0.15) is 0 Å². The van der Waals surface area contributed by atoms with Gasteiger partial charge in [-0.1, -0.05) is 54.6 Å². The Balaban J connectivity index is 1.83. The molecule has 3 heteroatoms. The van der Waals surface area contributed by atoms with Crippen LogP contribution in [-0.4, -0.2) is 48.9 Å². The van der Waals surface area contributed by atoms with Gasteiger partial charge in [0.1, 0.15) is 0 Å². The van der Waals surface area contributed by atoms with Crippen LogP contribution in [-0.2, 0) is 4.79 Å². The zero-order chi connectivity index (χ0) is 17.6. The Morgan fingerprint density at radius 1 is 0.960 bits per heavy atom. The Morgan fingerprint density at radius 2 is 1.68 bits per heavy atom. The Kier molecular flexibility index (Phi) is 5.87. The predicted octanol–water partition coefficient (Wildman–Crippen LogP) is 3.68. The molecule has 0 spiro atoms. The molecule has 1 amide bonds. The summed E-state index contributed by atoms with van der Waals surface area (Å²) >= 11 is 0. The molecule has 2 aromatic carbocycles. The van der Waals surface area contributed by atoms with Crippen LogP contribution in [0.5, 0.6) is 0 Å². The molecule has 3 rings (SSSR count). The highest BCUT2D eigenvalue weighted by atomic mass is 16.2. The minimum absolute atomic E-state index is 0.121. The van der Waals surface area contributed by atoms with Crippen molar-refractivity contribution in [2.45, 2.75) is 25.7 Å². The van der Waals surface area contributed by atoms with E-state index in [4.69, 9.17) is 0 Å². The van der Waals surface area contributed by atoms with E-state index in [2.05, 4.69) is 72.3 Å². The third kappa shape index (κ3) is 4.49. The fourth-order valence-corrected chi connectivity index (χ4v) is 3.67. The molecule has 1 atom stereocenters. The number of likely N-dealkylation sites (N-methyl/N-ethyl adjacent to an activating group) is 1. The highest BCUT2D eigenvalue weighted by Crippen LogP contribution is 2.31. The molecule has 0 radical (unpaired) electrons. The van der Waals surface area contributed by atoms with Gasteiger partial charge in [0, 0.05) is 32.0 Å². The molecule has 1 saturated heterocycles. The molecule has 1 fully saturated rings. The molecule has 25 heavy (non-hydrogen) atoms. The topological polar surface area (TPSA) is 23.6 Å². The van der Waals surface area contributed by atoms with Gasteiger partial charge in [-0.05, 0) is 43.6 Å². The van der Waals surface area contributed by atoms with Crippen LogP contribution < -0.4 is 0 Å². The standard InChI is InChI=1S/C22H28N2O/c1-18-9-6-7-12-20(18)21(19-10-4-3-5-11-19)17-22(25)24-14-8-13-23(2)15-16-24/h3-7,9-12,21H,8,13-17H2,1-2H3/t21-/m1/s1. The Bertz CT molecular complexity index is 698. The summed E-state index contributed by atoms with van der Waals surface area (Å²) < 4.78 is 0. The molecule has 0 aromatic heterocycles. The number of carbonyl (C=O) groups excluding carboxylic acids is 1. The summed E-state index contributed by atoms with van der Waals surface area (Å²) in [6.07, 6.45) is 1.60. The van der Waals surface area contributed by atoms with Crippen LogP contribution in [0.4, 0.5) is 0 Å². The molecule has 0 unspecified atom stereocenters. The van der Waals surface area contributed by atoms with Crippen LogP contribution in [0.2, 0.25) is 0 Å². The van der Waals surface area contributed by atoms with Crippen LogP contribution in [0.3, 0.4) is 0 Å². The lowest BCUT2D eigenvalue weighted by molar-refractivity contribution is -0.131. The Hall–Kier alpha value is -2.13. The number of amides is 1. The van der Waals surface area contributed by atoms with Crippen molar-refractivity contribution in [2.24, 2.45) is 0 Å². The number of hydrogen-bond donors (Lipinski definition) is 0. The second-order valence-corrected chi connectivity index (χ2v) is 7.06.